The fourth-order valence-corrected chi connectivity index (χ4v) is 1.96. The van der Waals surface area contributed by atoms with Crippen molar-refractivity contribution in [1.29, 1.82) is 0 Å². The number of methoxy groups -OCH3 is 1. The number of carbonyl (C=O) groups excluding carboxylic acids is 1. The summed E-state index contributed by atoms with van der Waals surface area (Å²) in [5, 5.41) is 0. The van der Waals surface area contributed by atoms with Crippen LogP contribution in [-0.4, -0.2) is 49.7 Å². The van der Waals surface area contributed by atoms with Gasteiger partial charge in [0, 0.05) is 13.1 Å². The molecule has 1 unspecified atom stereocenters. The van der Waals surface area contributed by atoms with Crippen LogP contribution in [0.1, 0.15) is 23.2 Å². The minimum atomic E-state index is -0.504. The normalized spacial score (nSPS) is 20.0. The Morgan fingerprint density at radius 1 is 1.60 bits per heavy atom. The van der Waals surface area contributed by atoms with Crippen LogP contribution in [0.25, 0.3) is 0 Å². The third-order valence-corrected chi connectivity index (χ3v) is 3.01. The summed E-state index contributed by atoms with van der Waals surface area (Å²) in [7, 11) is 1.31. The second-order valence-corrected chi connectivity index (χ2v) is 4.56. The van der Waals surface area contributed by atoms with Crippen molar-refractivity contribution in [3.8, 4) is 0 Å². The van der Waals surface area contributed by atoms with Crippen molar-refractivity contribution in [2.45, 2.75) is 19.6 Å². The van der Waals surface area contributed by atoms with Crippen molar-refractivity contribution < 1.29 is 18.7 Å². The first kappa shape index (κ1) is 14.4. The van der Waals surface area contributed by atoms with E-state index in [2.05, 4.69) is 9.73 Å². The van der Waals surface area contributed by atoms with E-state index in [0.717, 1.165) is 13.1 Å². The average Bonchev–Trinajstić information content (AvgIpc) is 2.92. The molecule has 1 atom stereocenters. The first-order chi connectivity index (χ1) is 9.60. The highest BCUT2D eigenvalue weighted by molar-refractivity contribution is 5.86. The van der Waals surface area contributed by atoms with E-state index in [1.54, 1.807) is 12.1 Å². The van der Waals surface area contributed by atoms with Gasteiger partial charge in [0.2, 0.25) is 5.76 Å². The standard InChI is InChI=1S/C13H19N3O4/c1-9-8-16(5-6-19-9)13(14)15-7-10-3-4-11(20-10)12(17)18-2/h3-4,9H,5-8H2,1-2H3,(H2,14,15). The number of furan rings is 1. The lowest BCUT2D eigenvalue weighted by Gasteiger charge is -2.31. The highest BCUT2D eigenvalue weighted by atomic mass is 16.5. The zero-order valence-electron chi connectivity index (χ0n) is 11.7. The highest BCUT2D eigenvalue weighted by Crippen LogP contribution is 2.11. The van der Waals surface area contributed by atoms with Crippen molar-refractivity contribution >= 4 is 11.9 Å². The van der Waals surface area contributed by atoms with Gasteiger partial charge in [0.25, 0.3) is 0 Å². The Labute approximate surface area is 117 Å². The largest absolute Gasteiger partial charge is 0.463 e. The maximum Gasteiger partial charge on any atom is 0.373 e. The van der Waals surface area contributed by atoms with Crippen LogP contribution in [0.3, 0.4) is 0 Å². The topological polar surface area (TPSA) is 90.3 Å². The van der Waals surface area contributed by atoms with E-state index in [9.17, 15) is 4.79 Å². The van der Waals surface area contributed by atoms with E-state index in [0.29, 0.717) is 18.3 Å². The Kier molecular flexibility index (Phi) is 4.62. The first-order valence-electron chi connectivity index (χ1n) is 6.43. The molecule has 0 spiro atoms. The molecule has 0 saturated carbocycles. The molecule has 20 heavy (non-hydrogen) atoms. The summed E-state index contributed by atoms with van der Waals surface area (Å²) < 4.78 is 15.3. The number of rotatable bonds is 3. The Hall–Kier alpha value is -2.02. The van der Waals surface area contributed by atoms with Crippen molar-refractivity contribution in [3.63, 3.8) is 0 Å². The van der Waals surface area contributed by atoms with E-state index in [-0.39, 0.29) is 18.4 Å². The SMILES string of the molecule is COC(=O)c1ccc(CN=C(N)N2CCOC(C)C2)o1. The molecule has 0 radical (unpaired) electrons. The van der Waals surface area contributed by atoms with Crippen LogP contribution in [0, 0.1) is 0 Å². The van der Waals surface area contributed by atoms with Gasteiger partial charge in [-0.25, -0.2) is 9.79 Å². The second kappa shape index (κ2) is 6.42. The van der Waals surface area contributed by atoms with Crippen LogP contribution in [0.2, 0.25) is 0 Å². The lowest BCUT2D eigenvalue weighted by Crippen LogP contribution is -2.47. The van der Waals surface area contributed by atoms with E-state index >= 15 is 0 Å². The lowest BCUT2D eigenvalue weighted by molar-refractivity contribution is 0.00527. The molecule has 2 rings (SSSR count). The smallest absolute Gasteiger partial charge is 0.373 e. The Balaban J connectivity index is 1.94. The van der Waals surface area contributed by atoms with Gasteiger partial charge < -0.3 is 24.5 Å². The van der Waals surface area contributed by atoms with Crippen molar-refractivity contribution in [3.05, 3.63) is 23.7 Å². The number of guanidine groups is 1. The summed E-state index contributed by atoms with van der Waals surface area (Å²) >= 11 is 0. The molecule has 0 aromatic carbocycles. The van der Waals surface area contributed by atoms with Crippen molar-refractivity contribution in [2.75, 3.05) is 26.8 Å². The van der Waals surface area contributed by atoms with Gasteiger partial charge >= 0.3 is 5.97 Å². The summed E-state index contributed by atoms with van der Waals surface area (Å²) in [4.78, 5) is 17.5. The molecular weight excluding hydrogens is 262 g/mol. The average molecular weight is 281 g/mol. The molecule has 7 heteroatoms. The monoisotopic (exact) mass is 281 g/mol. The summed E-state index contributed by atoms with van der Waals surface area (Å²) in [6.45, 7) is 4.37. The summed E-state index contributed by atoms with van der Waals surface area (Å²) in [5.41, 5.74) is 5.94. The van der Waals surface area contributed by atoms with Gasteiger partial charge in [0.1, 0.15) is 12.3 Å². The Morgan fingerprint density at radius 3 is 3.10 bits per heavy atom. The predicted molar refractivity (Wildman–Crippen MR) is 72.4 cm³/mol. The fraction of sp³-hybridized carbons (Fsp3) is 0.538. The number of carbonyl (C=O) groups is 1. The molecule has 1 fully saturated rings. The molecule has 1 aliphatic heterocycles. The molecular formula is C13H19N3O4. The number of nitrogens with zero attached hydrogens (tertiary/aromatic N) is 2. The van der Waals surface area contributed by atoms with Crippen LogP contribution in [0.15, 0.2) is 21.5 Å². The van der Waals surface area contributed by atoms with Gasteiger partial charge in [-0.1, -0.05) is 0 Å². The number of morpholine rings is 1. The zero-order valence-corrected chi connectivity index (χ0v) is 11.7. The van der Waals surface area contributed by atoms with Gasteiger partial charge in [-0.3, -0.25) is 0 Å². The number of aliphatic imine (C=N–C) groups is 1. The molecule has 0 amide bonds. The molecule has 1 aromatic rings. The Morgan fingerprint density at radius 2 is 2.40 bits per heavy atom. The van der Waals surface area contributed by atoms with Crippen LogP contribution in [-0.2, 0) is 16.0 Å². The summed E-state index contributed by atoms with van der Waals surface area (Å²) in [6, 6.07) is 3.24. The van der Waals surface area contributed by atoms with Crippen LogP contribution in [0.5, 0.6) is 0 Å². The second-order valence-electron chi connectivity index (χ2n) is 4.56. The van der Waals surface area contributed by atoms with Crippen molar-refractivity contribution in [2.24, 2.45) is 10.7 Å². The van der Waals surface area contributed by atoms with Crippen molar-refractivity contribution in [1.82, 2.24) is 4.90 Å². The molecule has 0 aliphatic carbocycles. The number of ether oxygens (including phenoxy) is 2. The molecule has 1 saturated heterocycles. The molecule has 1 aliphatic rings. The van der Waals surface area contributed by atoms with Crippen LogP contribution in [0.4, 0.5) is 0 Å². The molecule has 2 heterocycles. The van der Waals surface area contributed by atoms with Gasteiger partial charge in [0.05, 0.1) is 19.8 Å². The number of nitrogens with two attached hydrogens (primary N) is 1. The Bertz CT molecular complexity index is 498. The zero-order chi connectivity index (χ0) is 14.5. The summed E-state index contributed by atoms with van der Waals surface area (Å²) in [6.07, 6.45) is 0.145. The molecule has 2 N–H and O–H groups in total. The maximum absolute atomic E-state index is 11.2. The highest BCUT2D eigenvalue weighted by Gasteiger charge is 2.18. The lowest BCUT2D eigenvalue weighted by atomic mass is 10.3. The number of hydrogen-bond acceptors (Lipinski definition) is 5. The quantitative estimate of drug-likeness (QED) is 0.496. The number of hydrogen-bond donors (Lipinski definition) is 1. The minimum absolute atomic E-state index is 0.145. The molecule has 0 bridgehead atoms. The molecule has 110 valence electrons. The van der Waals surface area contributed by atoms with Crippen LogP contribution < -0.4 is 5.73 Å². The predicted octanol–water partition coefficient (Wildman–Crippen LogP) is 0.602. The van der Waals surface area contributed by atoms with Gasteiger partial charge in [0.15, 0.2) is 5.96 Å². The van der Waals surface area contributed by atoms with Gasteiger partial charge in [-0.15, -0.1) is 0 Å². The number of esters is 1. The molecule has 7 nitrogen and oxygen atoms in total. The van der Waals surface area contributed by atoms with Gasteiger partial charge in [-0.05, 0) is 19.1 Å². The molecule has 1 aromatic heterocycles. The van der Waals surface area contributed by atoms with E-state index in [1.807, 2.05) is 11.8 Å². The third-order valence-electron chi connectivity index (χ3n) is 3.01. The maximum atomic E-state index is 11.2. The summed E-state index contributed by atoms with van der Waals surface area (Å²) in [5.74, 6) is 0.678. The van der Waals surface area contributed by atoms with E-state index in [1.165, 1.54) is 7.11 Å². The van der Waals surface area contributed by atoms with E-state index in [4.69, 9.17) is 14.9 Å². The third kappa shape index (κ3) is 3.51. The first-order valence-corrected chi connectivity index (χ1v) is 6.43. The van der Waals surface area contributed by atoms with Crippen LogP contribution >= 0.6 is 0 Å². The minimum Gasteiger partial charge on any atom is -0.463 e. The van der Waals surface area contributed by atoms with Gasteiger partial charge in [-0.2, -0.15) is 0 Å². The fourth-order valence-electron chi connectivity index (χ4n) is 1.96. The van der Waals surface area contributed by atoms with E-state index < -0.39 is 5.97 Å².